The van der Waals surface area contributed by atoms with Gasteiger partial charge in [-0.1, -0.05) is 97.1 Å². The molecule has 21 heteroatoms. The number of pyridine rings is 2. The number of carbonyl (C=O) groups excluding carboxylic acids is 4. The first-order valence-corrected chi connectivity index (χ1v) is 36.4. The molecule has 5 aliphatic rings. The Labute approximate surface area is 611 Å². The lowest BCUT2D eigenvalue weighted by atomic mass is 9.87. The van der Waals surface area contributed by atoms with Crippen LogP contribution in [0.3, 0.4) is 0 Å². The Morgan fingerprint density at radius 2 is 1.17 bits per heavy atom. The number of aliphatic imine (C=N–C) groups is 2. The number of piperidine rings is 3. The number of methoxy groups -OCH3 is 2. The van der Waals surface area contributed by atoms with Gasteiger partial charge in [-0.3, -0.25) is 58.9 Å². The largest absolute Gasteiger partial charge is 0.496 e. The van der Waals surface area contributed by atoms with Crippen LogP contribution in [0.1, 0.15) is 133 Å². The van der Waals surface area contributed by atoms with Crippen molar-refractivity contribution >= 4 is 68.4 Å². The number of halogens is 3. The van der Waals surface area contributed by atoms with Gasteiger partial charge in [0, 0.05) is 145 Å². The van der Waals surface area contributed by atoms with E-state index in [1.54, 1.807) is 55.0 Å². The lowest BCUT2D eigenvalue weighted by molar-refractivity contribution is -0.149. The van der Waals surface area contributed by atoms with Gasteiger partial charge in [-0.05, 0) is 151 Å². The Hall–Kier alpha value is -10.6. The Balaban J connectivity index is 0.000000133. The van der Waals surface area contributed by atoms with Crippen molar-refractivity contribution in [3.63, 3.8) is 0 Å². The fourth-order valence-corrected chi connectivity index (χ4v) is 15.9. The summed E-state index contributed by atoms with van der Waals surface area (Å²) >= 11 is 1.20. The van der Waals surface area contributed by atoms with Gasteiger partial charge in [0.15, 0.2) is 17.3 Å². The third kappa shape index (κ3) is 17.1. The summed E-state index contributed by atoms with van der Waals surface area (Å²) in [7, 11) is 3.00. The summed E-state index contributed by atoms with van der Waals surface area (Å²) in [6, 6.07) is 55.2. The Morgan fingerprint density at radius 3 is 1.84 bits per heavy atom. The van der Waals surface area contributed by atoms with Gasteiger partial charge in [0.05, 0.1) is 62.5 Å². The molecule has 1 N–H and O–H groups in total. The van der Waals surface area contributed by atoms with Crippen LogP contribution in [-0.2, 0) is 42.3 Å². The highest BCUT2D eigenvalue weighted by molar-refractivity contribution is 7.00. The molecule has 0 amide bonds. The number of benzene rings is 7. The highest BCUT2D eigenvalue weighted by atomic mass is 32.1. The zero-order chi connectivity index (χ0) is 72.4. The predicted octanol–water partition coefficient (Wildman–Crippen LogP) is 15.5. The van der Waals surface area contributed by atoms with Crippen molar-refractivity contribution in [1.29, 1.82) is 0 Å². The molecule has 11 aromatic rings. The summed E-state index contributed by atoms with van der Waals surface area (Å²) < 4.78 is 62.6. The van der Waals surface area contributed by atoms with Gasteiger partial charge in [0.1, 0.15) is 34.3 Å². The number of aromatic nitrogens is 6. The summed E-state index contributed by atoms with van der Waals surface area (Å²) in [4.78, 5) is 75.9. The molecule has 0 saturated carbocycles. The number of ether oxygens (including phenoxy) is 2. The van der Waals surface area contributed by atoms with E-state index >= 15 is 0 Å². The number of H-pyrrole nitrogens is 1. The molecule has 1 unspecified atom stereocenters. The zero-order valence-electron chi connectivity index (χ0n) is 58.6. The molecule has 16 rings (SSSR count). The van der Waals surface area contributed by atoms with E-state index in [0.29, 0.717) is 87.5 Å². The zero-order valence-corrected chi connectivity index (χ0v) is 59.4. The molecular weight excluding hydrogens is 1350 g/mol. The molecule has 3 saturated heterocycles. The molecule has 534 valence electrons. The van der Waals surface area contributed by atoms with Crippen molar-refractivity contribution in [2.45, 2.75) is 96.1 Å². The number of nitrogens with zero attached hydrogens (tertiary/aromatic N) is 10. The van der Waals surface area contributed by atoms with Crippen LogP contribution in [0, 0.1) is 23.6 Å². The minimum absolute atomic E-state index is 0.0962. The van der Waals surface area contributed by atoms with Crippen molar-refractivity contribution < 1.29 is 41.8 Å². The van der Waals surface area contributed by atoms with Crippen molar-refractivity contribution in [1.82, 2.24) is 43.6 Å². The van der Waals surface area contributed by atoms with Gasteiger partial charge >= 0.3 is 5.97 Å². The van der Waals surface area contributed by atoms with E-state index in [-0.39, 0.29) is 72.3 Å². The molecule has 0 radical (unpaired) electrons. The number of nitrogens with one attached hydrogen (secondary N) is 1. The van der Waals surface area contributed by atoms with Crippen LogP contribution in [0.25, 0.3) is 33.2 Å². The number of alkyl halides is 2. The standard InChI is InChI=1S/C29H27FN4O2S.C28H28N4O3.C27H25F2N3O/c1-36-28-6-2-5-24(30)23(28)17-34-11-3-4-18(16-34)12-27(35)19-7-8-21-15-31-29(22(21)13-19)20-9-10-25-26(14-20)33-37-32-25;1-35-28(34)25-10-7-20(18-32(25)17-19-5-3-2-4-6-19)15-26(33)22-8-9-24-23(16-22)27(31-30-24)21-11-13-29-14-12-21;28-27(29)14-20(17-32(18-27)16-19-4-2-1-3-5-19)12-25(33)22-6-7-23-15-31-26(24(23)13-22)21-8-10-30-11-9-21/h2,5-10,13-14,18H,3-4,11-12,15-17H2,1H3;2-6,8-9,11-14,16,20,25H,7,10,15,17-18H2,1H3,(H,30,31);1-11,13,20H,12,14-18H2/t18-;20-,25+;/m00./s1. The van der Waals surface area contributed by atoms with Crippen LogP contribution in [0.15, 0.2) is 211 Å². The second-order valence-corrected chi connectivity index (χ2v) is 28.4. The molecule has 9 heterocycles. The van der Waals surface area contributed by atoms with Crippen LogP contribution in [0.5, 0.6) is 5.75 Å². The van der Waals surface area contributed by atoms with E-state index in [9.17, 15) is 32.3 Å². The van der Waals surface area contributed by atoms with Gasteiger partial charge < -0.3 is 9.47 Å². The van der Waals surface area contributed by atoms with Gasteiger partial charge in [0.25, 0.3) is 5.92 Å². The number of rotatable bonds is 20. The third-order valence-electron chi connectivity index (χ3n) is 20.5. The van der Waals surface area contributed by atoms with Crippen LogP contribution in [0.2, 0.25) is 0 Å². The number of esters is 1. The molecular formula is C84H80F3N11O6S. The number of fused-ring (bicyclic) bond motifs is 4. The van der Waals surface area contributed by atoms with Gasteiger partial charge in [-0.25, -0.2) is 13.2 Å². The van der Waals surface area contributed by atoms with Gasteiger partial charge in [-0.2, -0.15) is 13.8 Å². The quantitative estimate of drug-likeness (QED) is 0.0558. The summed E-state index contributed by atoms with van der Waals surface area (Å²) in [5.41, 5.74) is 16.9. The lowest BCUT2D eigenvalue weighted by Crippen LogP contribution is -2.48. The fourth-order valence-electron chi connectivity index (χ4n) is 15.4. The lowest BCUT2D eigenvalue weighted by Gasteiger charge is -2.38. The average molecular weight is 1430 g/mol. The first-order chi connectivity index (χ1) is 51.2. The van der Waals surface area contributed by atoms with E-state index in [0.717, 1.165) is 127 Å². The second-order valence-electron chi connectivity index (χ2n) is 27.9. The van der Waals surface area contributed by atoms with Gasteiger partial charge in [0.2, 0.25) is 0 Å². The fraction of sp³-hybridized carbons (Fsp3) is 0.298. The Kier molecular flexibility index (Phi) is 22.2. The Bertz CT molecular complexity index is 5000. The average Bonchev–Trinajstić information content (AvgIpc) is 1.66. The molecule has 3 fully saturated rings. The van der Waals surface area contributed by atoms with E-state index in [2.05, 4.69) is 55.8 Å². The van der Waals surface area contributed by atoms with Crippen LogP contribution < -0.4 is 4.74 Å². The number of carbonyl (C=O) groups is 4. The number of hydrogen-bond acceptors (Lipinski definition) is 17. The summed E-state index contributed by atoms with van der Waals surface area (Å²) in [6.07, 6.45) is 11.2. The molecule has 7 aromatic carbocycles. The van der Waals surface area contributed by atoms with E-state index in [4.69, 9.17) is 14.5 Å². The molecule has 4 atom stereocenters. The van der Waals surface area contributed by atoms with Crippen LogP contribution in [-0.4, -0.2) is 137 Å². The van der Waals surface area contributed by atoms with Crippen molar-refractivity contribution in [2.24, 2.45) is 27.7 Å². The number of ketones is 3. The molecule has 4 aromatic heterocycles. The van der Waals surface area contributed by atoms with E-state index < -0.39 is 5.92 Å². The monoisotopic (exact) mass is 1430 g/mol. The minimum atomic E-state index is -2.79. The number of aromatic amines is 1. The summed E-state index contributed by atoms with van der Waals surface area (Å²) in [5.74, 6) is -2.51. The topological polar surface area (TPSA) is 201 Å². The van der Waals surface area contributed by atoms with Crippen LogP contribution in [0.4, 0.5) is 13.2 Å². The number of hydrogen-bond donors (Lipinski definition) is 1. The highest BCUT2D eigenvalue weighted by Crippen LogP contribution is 2.37. The molecule has 0 aliphatic carbocycles. The first-order valence-electron chi connectivity index (χ1n) is 35.7. The maximum atomic E-state index is 14.5. The smallest absolute Gasteiger partial charge is 0.323 e. The van der Waals surface area contributed by atoms with Crippen molar-refractivity contribution in [2.75, 3.05) is 46.9 Å². The van der Waals surface area contributed by atoms with E-state index in [1.807, 2.05) is 140 Å². The number of likely N-dealkylation sites (tertiary alicyclic amines) is 3. The van der Waals surface area contributed by atoms with Crippen LogP contribution >= 0.6 is 11.7 Å². The van der Waals surface area contributed by atoms with Crippen molar-refractivity contribution in [3.8, 4) is 17.0 Å². The summed E-state index contributed by atoms with van der Waals surface area (Å²) in [6.45, 7) is 5.35. The molecule has 105 heavy (non-hydrogen) atoms. The maximum Gasteiger partial charge on any atom is 0.323 e. The molecule has 5 aliphatic heterocycles. The van der Waals surface area contributed by atoms with Crippen molar-refractivity contribution in [3.05, 3.63) is 273 Å². The normalized spacial score (nSPS) is 18.5. The Morgan fingerprint density at radius 1 is 0.571 bits per heavy atom. The maximum absolute atomic E-state index is 14.5. The third-order valence-corrected chi connectivity index (χ3v) is 21.1. The van der Waals surface area contributed by atoms with Gasteiger partial charge in [-0.15, -0.1) is 0 Å². The predicted molar refractivity (Wildman–Crippen MR) is 400 cm³/mol. The summed E-state index contributed by atoms with van der Waals surface area (Å²) in [5, 5.41) is 8.42. The molecule has 0 spiro atoms. The highest BCUT2D eigenvalue weighted by Gasteiger charge is 2.41. The second kappa shape index (κ2) is 32.6. The van der Waals surface area contributed by atoms with E-state index in [1.165, 1.54) is 24.9 Å². The first kappa shape index (κ1) is 71.4. The SMILES string of the molecule is COC(=O)[C@H]1CC[C@@H](CC(=O)c2ccc3[nH]nc(-c4ccncc4)c3c2)CN1Cc1ccccc1.COc1cccc(F)c1CN1CCC[C@@H](CC(=O)c2ccc3c(c2)C(c2ccc4nsnc4c2)=NC3)C1.O=C(CC1CN(Cc2ccccc2)CC(F)(F)C1)c1ccc2c(c1)C(c1ccncc1)=NC2. The molecule has 17 nitrogen and oxygen atoms in total. The number of Topliss-reactive ketones (excluding diaryl/α,β-unsaturated/α-hetero) is 3. The minimum Gasteiger partial charge on any atom is -0.496 e. The molecule has 0 bridgehead atoms.